The molecule has 0 saturated heterocycles. The second-order valence-electron chi connectivity index (χ2n) is 17.4. The summed E-state index contributed by atoms with van der Waals surface area (Å²) in [5.74, 6) is 0. The number of nitrogens with zero attached hydrogens (tertiary/aromatic N) is 3. The lowest BCUT2D eigenvalue weighted by Gasteiger charge is -2.22. The highest BCUT2D eigenvalue weighted by Gasteiger charge is 2.43. The van der Waals surface area contributed by atoms with Crippen LogP contribution in [0.1, 0.15) is 38.9 Å². The summed E-state index contributed by atoms with van der Waals surface area (Å²) in [7, 11) is 0. The van der Waals surface area contributed by atoms with Gasteiger partial charge >= 0.3 is 37.1 Å². The Kier molecular flexibility index (Phi) is 11.6. The molecule has 3 nitrogen and oxygen atoms in total. The number of alkyl halides is 18. The van der Waals surface area contributed by atoms with Crippen molar-refractivity contribution in [1.82, 2.24) is 9.13 Å². The fourth-order valence-corrected chi connectivity index (χ4v) is 9.77. The Bertz CT molecular complexity index is 3790. The second-order valence-corrected chi connectivity index (χ2v) is 17.4. The smallest absolute Gasteiger partial charge is 0.308 e. The van der Waals surface area contributed by atoms with Gasteiger partial charge in [-0.2, -0.15) is 84.3 Å². The van der Waals surface area contributed by atoms with Crippen molar-refractivity contribution < 1.29 is 79.0 Å². The van der Waals surface area contributed by atoms with E-state index in [0.717, 1.165) is 45.5 Å². The van der Waals surface area contributed by atoms with Gasteiger partial charge in [0.15, 0.2) is 0 Å². The van der Waals surface area contributed by atoms with Crippen LogP contribution in [0.15, 0.2) is 152 Å². The first-order chi connectivity index (χ1) is 35.5. The maximum atomic E-state index is 15.1. The summed E-state index contributed by atoms with van der Waals surface area (Å²) in [6.07, 6.45) is -32.2. The van der Waals surface area contributed by atoms with Gasteiger partial charge in [-0.25, -0.2) is 0 Å². The minimum Gasteiger partial charge on any atom is -0.308 e. The van der Waals surface area contributed by atoms with Gasteiger partial charge < -0.3 is 9.13 Å². The zero-order valence-electron chi connectivity index (χ0n) is 37.6. The normalized spacial score (nSPS) is 13.1. The van der Waals surface area contributed by atoms with Crippen molar-refractivity contribution in [3.05, 3.63) is 191 Å². The fourth-order valence-electron chi connectivity index (χ4n) is 9.77. The molecule has 2 heterocycles. The van der Waals surface area contributed by atoms with Crippen LogP contribution in [0, 0.1) is 11.3 Å². The van der Waals surface area contributed by atoms with Crippen molar-refractivity contribution in [3.8, 4) is 50.8 Å². The molecule has 0 bridgehead atoms. The maximum absolute atomic E-state index is 15.1. The van der Waals surface area contributed by atoms with Gasteiger partial charge in [0.05, 0.1) is 66.8 Å². The zero-order valence-corrected chi connectivity index (χ0v) is 37.6. The number of aromatic nitrogens is 2. The molecule has 0 atom stereocenters. The van der Waals surface area contributed by atoms with Gasteiger partial charge in [-0.05, 0) is 101 Å². The SMILES string of the molecule is N#Cc1c(-n2c3ccccc3c3ccc(-c4ccc(C(F)(F)F)cc4C(F)(F)F)cc32)cc(-c2c(C(F)(F)F)cccc2C(F)(F)F)cc1-n1c2ccccc2c2ccc(-c3ccc(C(F)(F)F)cc3C(F)(F)F)cc21. The molecule has 0 unspecified atom stereocenters. The number of hydrogen-bond acceptors (Lipinski definition) is 1. The van der Waals surface area contributed by atoms with E-state index in [1.54, 1.807) is 0 Å². The van der Waals surface area contributed by atoms with E-state index in [0.29, 0.717) is 42.5 Å². The maximum Gasteiger partial charge on any atom is 0.417 e. The quantitative estimate of drug-likeness (QED) is 0.158. The number of para-hydroxylation sites is 2. The van der Waals surface area contributed by atoms with E-state index in [2.05, 4.69) is 0 Å². The van der Waals surface area contributed by atoms with Crippen molar-refractivity contribution >= 4 is 43.6 Å². The topological polar surface area (TPSA) is 33.6 Å². The van der Waals surface area contributed by atoms with Gasteiger partial charge in [0.1, 0.15) is 11.6 Å². The van der Waals surface area contributed by atoms with Gasteiger partial charge in [0, 0.05) is 27.1 Å². The molecular weight excluding hydrogens is 1040 g/mol. The predicted octanol–water partition coefficient (Wildman–Crippen LogP) is 18.9. The van der Waals surface area contributed by atoms with Crippen LogP contribution in [0.2, 0.25) is 0 Å². The van der Waals surface area contributed by atoms with Crippen LogP contribution in [0.25, 0.3) is 88.4 Å². The van der Waals surface area contributed by atoms with Crippen LogP contribution in [0.3, 0.4) is 0 Å². The number of benzene rings is 8. The van der Waals surface area contributed by atoms with E-state index < -0.39 is 110 Å². The lowest BCUT2D eigenvalue weighted by molar-refractivity contribution is -0.144. The van der Waals surface area contributed by atoms with Crippen LogP contribution in [0.4, 0.5) is 79.0 Å². The summed E-state index contributed by atoms with van der Waals surface area (Å²) in [5, 5.41) is 12.2. The minimum atomic E-state index is -5.51. The molecule has 2 aromatic heterocycles. The highest BCUT2D eigenvalue weighted by atomic mass is 19.4. The monoisotopic (exact) mass is 1070 g/mol. The molecule has 21 heteroatoms. The van der Waals surface area contributed by atoms with E-state index >= 15 is 26.3 Å². The van der Waals surface area contributed by atoms with Crippen molar-refractivity contribution in [2.45, 2.75) is 37.1 Å². The third kappa shape index (κ3) is 8.68. The van der Waals surface area contributed by atoms with Gasteiger partial charge in [-0.15, -0.1) is 0 Å². The Morgan fingerprint density at radius 3 is 1.04 bits per heavy atom. The third-order valence-corrected chi connectivity index (χ3v) is 12.9. The van der Waals surface area contributed by atoms with Crippen LogP contribution in [-0.2, 0) is 37.1 Å². The van der Waals surface area contributed by atoms with Crippen LogP contribution < -0.4 is 0 Å². The Hall–Kier alpha value is -8.41. The molecule has 76 heavy (non-hydrogen) atoms. The summed E-state index contributed by atoms with van der Waals surface area (Å²) in [6, 6.07) is 25.3. The van der Waals surface area contributed by atoms with Gasteiger partial charge in [0.2, 0.25) is 0 Å². The van der Waals surface area contributed by atoms with Crippen LogP contribution in [0.5, 0.6) is 0 Å². The molecule has 0 amide bonds. The van der Waals surface area contributed by atoms with Crippen molar-refractivity contribution in [3.63, 3.8) is 0 Å². The third-order valence-electron chi connectivity index (χ3n) is 12.9. The van der Waals surface area contributed by atoms with E-state index in [-0.39, 0.29) is 66.9 Å². The molecule has 0 N–H and O–H groups in total. The molecule has 0 spiro atoms. The second kappa shape index (κ2) is 17.3. The van der Waals surface area contributed by atoms with Crippen LogP contribution in [-0.4, -0.2) is 9.13 Å². The summed E-state index contributed by atoms with van der Waals surface area (Å²) in [6.45, 7) is 0. The largest absolute Gasteiger partial charge is 0.417 e. The van der Waals surface area contributed by atoms with Gasteiger partial charge in [-0.3, -0.25) is 0 Å². The summed E-state index contributed by atoms with van der Waals surface area (Å²) < 4.78 is 264. The Balaban J connectivity index is 1.37. The average molecular weight is 1070 g/mol. The lowest BCUT2D eigenvalue weighted by atomic mass is 9.91. The minimum absolute atomic E-state index is 0.0596. The van der Waals surface area contributed by atoms with E-state index in [9.17, 15) is 57.9 Å². The number of halogens is 18. The molecule has 10 rings (SSSR count). The Morgan fingerprint density at radius 2 is 0.684 bits per heavy atom. The molecule has 10 aromatic rings. The van der Waals surface area contributed by atoms with Crippen molar-refractivity contribution in [1.29, 1.82) is 5.26 Å². The van der Waals surface area contributed by atoms with Gasteiger partial charge in [0.25, 0.3) is 0 Å². The molecule has 386 valence electrons. The molecule has 0 aliphatic carbocycles. The zero-order chi connectivity index (χ0) is 54.8. The summed E-state index contributed by atoms with van der Waals surface area (Å²) in [4.78, 5) is 0. The fraction of sp³-hybridized carbons (Fsp3) is 0.109. The van der Waals surface area contributed by atoms with Crippen LogP contribution >= 0.6 is 0 Å². The summed E-state index contributed by atoms with van der Waals surface area (Å²) >= 11 is 0. The highest BCUT2D eigenvalue weighted by molar-refractivity contribution is 6.12. The molecule has 0 aliphatic rings. The Labute approximate surface area is 414 Å². The molecule has 0 saturated carbocycles. The van der Waals surface area contributed by atoms with E-state index in [1.807, 2.05) is 6.07 Å². The molecule has 0 radical (unpaired) electrons. The first kappa shape index (κ1) is 51.1. The van der Waals surface area contributed by atoms with E-state index in [1.165, 1.54) is 60.7 Å². The average Bonchev–Trinajstić information content (AvgIpc) is 3.92. The predicted molar refractivity (Wildman–Crippen MR) is 246 cm³/mol. The van der Waals surface area contributed by atoms with Crippen molar-refractivity contribution in [2.75, 3.05) is 0 Å². The molecular formula is C55H25F18N3. The van der Waals surface area contributed by atoms with Crippen molar-refractivity contribution in [2.24, 2.45) is 0 Å². The molecule has 0 fully saturated rings. The first-order valence-electron chi connectivity index (χ1n) is 22.0. The highest BCUT2D eigenvalue weighted by Crippen LogP contribution is 2.50. The number of hydrogen-bond donors (Lipinski definition) is 0. The lowest BCUT2D eigenvalue weighted by Crippen LogP contribution is -2.15. The molecule has 0 aliphatic heterocycles. The Morgan fingerprint density at radius 1 is 0.316 bits per heavy atom. The number of rotatable bonds is 5. The molecule has 8 aromatic carbocycles. The standard InChI is InChI=1S/C55H25F18N3/c56-50(57,58)30-14-18-32(41(24-30)54(68,69)70)27-12-16-36-34-6-1-3-10-43(34)75(45(36)20-27)47-22-29(49-39(52(62,63)64)8-5-9-40(49)53(65,66)67)23-48(38(47)26-74)76-44-11-4-2-7-35(44)37-17-13-28(21-46(37)76)33-19-15-31(51(59,60)61)25-42(33)55(71,72)73/h1-25H. The summed E-state index contributed by atoms with van der Waals surface area (Å²) in [5.41, 5.74) is -16.7. The van der Waals surface area contributed by atoms with Gasteiger partial charge in [-0.1, -0.05) is 78.9 Å². The number of nitriles is 1. The van der Waals surface area contributed by atoms with E-state index in [4.69, 9.17) is 0 Å². The first-order valence-corrected chi connectivity index (χ1v) is 22.0. The number of fused-ring (bicyclic) bond motifs is 6.